The smallest absolute Gasteiger partial charge is 0.263 e. The number of aromatic nitrogens is 3. The summed E-state index contributed by atoms with van der Waals surface area (Å²) in [6.45, 7) is 5.91. The molecular formula is C65H74Cl2FN13O9S6. The Bertz CT molecular complexity index is 4690. The molecule has 15 rings (SSSR count). The number of rotatable bonds is 16. The number of amides is 3. The fourth-order valence-electron chi connectivity index (χ4n) is 12.8. The van der Waals surface area contributed by atoms with Gasteiger partial charge in [0.1, 0.15) is 17.9 Å². The Kier molecular flexibility index (Phi) is 19.4. The lowest BCUT2D eigenvalue weighted by Crippen LogP contribution is -2.52. The van der Waals surface area contributed by atoms with Crippen LogP contribution in [0.25, 0.3) is 0 Å². The van der Waals surface area contributed by atoms with Crippen LogP contribution >= 0.6 is 57.2 Å². The summed E-state index contributed by atoms with van der Waals surface area (Å²) in [5.74, 6) is -0.276. The van der Waals surface area contributed by atoms with Crippen LogP contribution in [0.1, 0.15) is 38.9 Å². The number of nitrogens with zero attached hydrogens (tertiary/aromatic N) is 10. The van der Waals surface area contributed by atoms with Crippen molar-refractivity contribution in [2.75, 3.05) is 102 Å². The van der Waals surface area contributed by atoms with E-state index in [-0.39, 0.29) is 64.9 Å². The number of hydrogen-bond acceptors (Lipinski definition) is 19. The van der Waals surface area contributed by atoms with Crippen LogP contribution < -0.4 is 43.6 Å². The Morgan fingerprint density at radius 3 is 1.27 bits per heavy atom. The summed E-state index contributed by atoms with van der Waals surface area (Å²) in [6.07, 6.45) is 8.59. The van der Waals surface area contributed by atoms with Crippen LogP contribution in [0.15, 0.2) is 183 Å². The number of sulfonamides is 3. The molecule has 6 aliphatic heterocycles. The van der Waals surface area contributed by atoms with E-state index in [9.17, 15) is 44.0 Å². The van der Waals surface area contributed by atoms with E-state index in [1.807, 2.05) is 35.2 Å². The molecule has 22 nitrogen and oxygen atoms in total. The monoisotopic (exact) mass is 1460 g/mol. The molecule has 3 amide bonds. The van der Waals surface area contributed by atoms with Crippen LogP contribution in [0.4, 0.5) is 53.9 Å². The van der Waals surface area contributed by atoms with Gasteiger partial charge in [0, 0.05) is 141 Å². The number of anilines is 9. The number of para-hydroxylation sites is 1. The molecule has 9 aromatic rings. The minimum atomic E-state index is -3.75. The van der Waals surface area contributed by atoms with Crippen LogP contribution in [0.2, 0.25) is 10.0 Å². The van der Waals surface area contributed by atoms with Gasteiger partial charge in [-0.05, 0) is 152 Å². The van der Waals surface area contributed by atoms with Gasteiger partial charge in [0.25, 0.3) is 30.1 Å². The van der Waals surface area contributed by atoms with Crippen molar-refractivity contribution in [3.8, 4) is 0 Å². The normalized spacial score (nSPS) is 18.9. The number of halogens is 3. The van der Waals surface area contributed by atoms with E-state index in [1.165, 1.54) is 100.0 Å². The largest absolute Gasteiger partial charge is 0.367 e. The zero-order valence-corrected chi connectivity index (χ0v) is 57.4. The molecule has 0 bridgehead atoms. The summed E-state index contributed by atoms with van der Waals surface area (Å²) in [5, 5.41) is 7.05. The van der Waals surface area contributed by atoms with Crippen molar-refractivity contribution < 1.29 is 52.6 Å². The molecular weight excluding hydrogens is 1390 g/mol. The number of nitrogens with one attached hydrogen (secondary N) is 3. The molecule has 3 atom stereocenters. The van der Waals surface area contributed by atoms with Crippen molar-refractivity contribution in [2.45, 2.75) is 64.9 Å². The fraction of sp³-hybridized carbons (Fsp3) is 0.262. The average molecular weight is 1460 g/mol. The number of piperazine rings is 1. The minimum Gasteiger partial charge on any atom is -0.367 e. The van der Waals surface area contributed by atoms with Crippen molar-refractivity contribution in [3.05, 3.63) is 195 Å². The van der Waals surface area contributed by atoms with Crippen molar-refractivity contribution in [2.24, 2.45) is 0 Å². The van der Waals surface area contributed by atoms with Crippen LogP contribution in [-0.2, 0) is 57.3 Å². The summed E-state index contributed by atoms with van der Waals surface area (Å²) in [4.78, 5) is 65.4. The minimum absolute atomic E-state index is 0. The first-order valence-electron chi connectivity index (χ1n) is 30.6. The molecule has 0 spiro atoms. The quantitative estimate of drug-likeness (QED) is 0.0813. The Morgan fingerprint density at radius 2 is 0.833 bits per heavy atom. The number of carbonyl (C=O) groups excluding carboxylic acids is 3. The Labute approximate surface area is 585 Å². The summed E-state index contributed by atoms with van der Waals surface area (Å²) in [6, 6.07) is 37.1. The molecule has 4 fully saturated rings. The standard InChI is InChI=1S/C23H23ClFN5O3S2.C21H19ClN4O3S2.C21H20N4O3S2.6H2/c24-16-1-6-20(19(25)15-16)28-10-12-29(13-11-28)21-7-9-30(22(21)31)17-2-4-18(5-3-17)35(32,33)27-23-26-8-14-34-23;22-15-2-1-14-7-10-26(19(14)13-15)18-8-11-25(20(18)27)16-3-5-17(6-4-16)31(28,29)24-21-23-9-12-30-21;26-20-19(25-12-9-15-3-1-2-4-18(15)25)10-13-24(20)16-5-7-17(8-6-16)30(27,28)23-21-22-11-14-29-21;;;;;;/h1-6,8,14-15,21H,7,9-13H2,(H,26,27);1-6,9,12-13,18H,7-8,10-11H2,(H,23,24);1-8,11,14,19H,9-10,12-13H2,(H,22,23);6*1H/t21-;18-;19-;;;;;;/m001....../s1. The fourth-order valence-corrected chi connectivity index (χ4v) is 18.5. The molecule has 0 aliphatic carbocycles. The maximum atomic E-state index is 14.3. The van der Waals surface area contributed by atoms with Gasteiger partial charge in [0.05, 0.1) is 26.4 Å². The third-order valence-electron chi connectivity index (χ3n) is 17.5. The van der Waals surface area contributed by atoms with E-state index in [1.54, 1.807) is 85.6 Å². The first-order chi connectivity index (χ1) is 46.3. The molecule has 510 valence electrons. The first-order valence-corrected chi connectivity index (χ1v) is 38.5. The summed E-state index contributed by atoms with van der Waals surface area (Å²) < 4.78 is 96.8. The zero-order chi connectivity index (χ0) is 66.9. The van der Waals surface area contributed by atoms with Crippen LogP contribution in [0.5, 0.6) is 0 Å². The molecule has 4 saturated heterocycles. The van der Waals surface area contributed by atoms with Gasteiger partial charge in [0.2, 0.25) is 17.7 Å². The van der Waals surface area contributed by atoms with Gasteiger partial charge >= 0.3 is 0 Å². The predicted molar refractivity (Wildman–Crippen MR) is 388 cm³/mol. The van der Waals surface area contributed by atoms with Gasteiger partial charge in [0.15, 0.2) is 15.4 Å². The molecule has 6 aliphatic rings. The third kappa shape index (κ3) is 14.3. The van der Waals surface area contributed by atoms with E-state index in [4.69, 9.17) is 23.2 Å². The number of benzene rings is 6. The molecule has 31 heteroatoms. The van der Waals surface area contributed by atoms with Crippen molar-refractivity contribution in [1.82, 2.24) is 19.9 Å². The second kappa shape index (κ2) is 28.1. The van der Waals surface area contributed by atoms with E-state index in [0.717, 1.165) is 43.7 Å². The molecule has 9 heterocycles. The Balaban J connectivity index is 0.000000209. The van der Waals surface area contributed by atoms with Crippen LogP contribution in [0.3, 0.4) is 0 Å². The van der Waals surface area contributed by atoms with Crippen molar-refractivity contribution in [1.29, 1.82) is 0 Å². The lowest BCUT2D eigenvalue weighted by Gasteiger charge is -2.38. The molecule has 6 aromatic carbocycles. The first kappa shape index (κ1) is 66.4. The highest BCUT2D eigenvalue weighted by Gasteiger charge is 2.42. The van der Waals surface area contributed by atoms with Crippen LogP contribution in [-0.4, -0.2) is 140 Å². The highest BCUT2D eigenvalue weighted by molar-refractivity contribution is 7.93. The number of thiazole rings is 3. The molecule has 0 unspecified atom stereocenters. The van der Waals surface area contributed by atoms with Gasteiger partial charge in [-0.25, -0.2) is 44.6 Å². The molecule has 96 heavy (non-hydrogen) atoms. The average Bonchev–Trinajstić information content (AvgIpc) is 1.64. The highest BCUT2D eigenvalue weighted by Crippen LogP contribution is 2.38. The molecule has 3 N–H and O–H groups in total. The van der Waals surface area contributed by atoms with Gasteiger partial charge < -0.3 is 29.4 Å². The molecule has 0 radical (unpaired) electrons. The topological polar surface area (TPSA) is 251 Å². The summed E-state index contributed by atoms with van der Waals surface area (Å²) >= 11 is 15.7. The second-order valence-electron chi connectivity index (χ2n) is 23.1. The number of carbonyl (C=O) groups is 3. The van der Waals surface area contributed by atoms with Crippen LogP contribution in [0, 0.1) is 5.82 Å². The molecule has 3 aromatic heterocycles. The highest BCUT2D eigenvalue weighted by atomic mass is 35.5. The van der Waals surface area contributed by atoms with Crippen molar-refractivity contribution in [3.63, 3.8) is 0 Å². The maximum absolute atomic E-state index is 14.3. The van der Waals surface area contributed by atoms with Gasteiger partial charge in [-0.1, -0.05) is 47.5 Å². The Morgan fingerprint density at radius 1 is 0.438 bits per heavy atom. The summed E-state index contributed by atoms with van der Waals surface area (Å²) in [7, 11) is -11.2. The zero-order valence-electron chi connectivity index (χ0n) is 51.0. The maximum Gasteiger partial charge on any atom is 0.263 e. The number of fused-ring (bicyclic) bond motifs is 2. The molecule has 0 saturated carbocycles. The van der Waals surface area contributed by atoms with Crippen molar-refractivity contribution >= 4 is 155 Å². The van der Waals surface area contributed by atoms with E-state index < -0.39 is 30.1 Å². The van der Waals surface area contributed by atoms with E-state index in [2.05, 4.69) is 56.0 Å². The number of hydrogen-bond donors (Lipinski definition) is 3. The van der Waals surface area contributed by atoms with E-state index >= 15 is 0 Å². The van der Waals surface area contributed by atoms with E-state index in [0.29, 0.717) is 107 Å². The van der Waals surface area contributed by atoms with Gasteiger partial charge in [-0.3, -0.25) is 33.4 Å². The lowest BCUT2D eigenvalue weighted by molar-refractivity contribution is -0.122. The van der Waals surface area contributed by atoms with Gasteiger partial charge in [-0.15, -0.1) is 34.0 Å². The predicted octanol–water partition coefficient (Wildman–Crippen LogP) is 12.0. The SMILES string of the molecule is O=C1[C@@H](N2CCN(c3ccc(Cl)cc3F)CC2)CCN1c1ccc(S(=O)(=O)Nc2nccs2)cc1.O=C1[C@@H](N2CCc3ccc(Cl)cc32)CCN1c1ccc(S(=O)(=O)Nc2nccs2)cc1.O=C1[C@H](N2CCc3ccccc32)CCN1c1ccc(S(=O)(=O)Nc2nccs2)cc1.[HH].[HH].[HH].[HH].[HH].[HH]. The third-order valence-corrected chi connectivity index (χ3v) is 24.5. The second-order valence-corrected chi connectivity index (χ2v) is 31.7. The Hall–Kier alpha value is -8.26. The summed E-state index contributed by atoms with van der Waals surface area (Å²) in [5.41, 5.74) is 7.24. The van der Waals surface area contributed by atoms with Gasteiger partial charge in [-0.2, -0.15) is 0 Å². The lowest BCUT2D eigenvalue weighted by atomic mass is 10.1.